The molecule has 4 aromatic rings. The van der Waals surface area contributed by atoms with Crippen molar-refractivity contribution in [3.63, 3.8) is 0 Å². The van der Waals surface area contributed by atoms with E-state index in [1.54, 1.807) is 11.3 Å². The number of para-hydroxylation sites is 1. The Morgan fingerprint density at radius 1 is 0.933 bits per heavy atom. The number of aryl methyl sites for hydroxylation is 1. The zero-order valence-electron chi connectivity index (χ0n) is 16.8. The standard InChI is InChI=1S/C25H25N2OS.HI/c1-2-23-27(17-9-10-18-28-20-13-7-4-8-14-20)25-22(29-23)16-15-21(26)24(25)19-11-5-3-6-12-19;/h2-8,11-16H,1,9-10,17-18,26H2;1H/q+1;/p-1. The maximum absolute atomic E-state index is 6.42. The Balaban J connectivity index is 0.00000256. The number of hydrogen-bond donors (Lipinski definition) is 1. The molecule has 30 heavy (non-hydrogen) atoms. The summed E-state index contributed by atoms with van der Waals surface area (Å²) >= 11 is 1.76. The Bertz CT molecular complexity index is 1110. The number of ether oxygens (including phenoxy) is 1. The molecule has 0 amide bonds. The van der Waals surface area contributed by atoms with Crippen LogP contribution < -0.4 is 39.0 Å². The predicted octanol–water partition coefficient (Wildman–Crippen LogP) is 2.94. The lowest BCUT2D eigenvalue weighted by Crippen LogP contribution is -3.00. The van der Waals surface area contributed by atoms with Gasteiger partial charge in [-0.05, 0) is 36.2 Å². The largest absolute Gasteiger partial charge is 1.00 e. The van der Waals surface area contributed by atoms with Crippen molar-refractivity contribution in [3.05, 3.63) is 84.4 Å². The van der Waals surface area contributed by atoms with Crippen LogP contribution in [0.15, 0.2) is 79.4 Å². The maximum Gasteiger partial charge on any atom is 0.262 e. The van der Waals surface area contributed by atoms with Gasteiger partial charge in [-0.25, -0.2) is 0 Å². The summed E-state index contributed by atoms with van der Waals surface area (Å²) in [7, 11) is 0. The molecule has 0 aliphatic heterocycles. The van der Waals surface area contributed by atoms with E-state index >= 15 is 0 Å². The molecule has 2 N–H and O–H groups in total. The minimum Gasteiger partial charge on any atom is -1.00 e. The molecular formula is C25H25IN2OS. The number of halogens is 1. The SMILES string of the molecule is C=Cc1sc2ccc(N)c(-c3ccccc3)c2[n+]1CCCCOc1ccccc1.[I-]. The zero-order valence-corrected chi connectivity index (χ0v) is 19.7. The Morgan fingerprint density at radius 3 is 2.33 bits per heavy atom. The highest BCUT2D eigenvalue weighted by atomic mass is 127. The first kappa shape index (κ1) is 22.3. The van der Waals surface area contributed by atoms with Crippen molar-refractivity contribution in [1.29, 1.82) is 0 Å². The Labute approximate surface area is 198 Å². The van der Waals surface area contributed by atoms with Crippen molar-refractivity contribution in [2.24, 2.45) is 0 Å². The van der Waals surface area contributed by atoms with Gasteiger partial charge in [-0.15, -0.1) is 0 Å². The van der Waals surface area contributed by atoms with Crippen LogP contribution in [0.25, 0.3) is 27.4 Å². The summed E-state index contributed by atoms with van der Waals surface area (Å²) in [6.45, 7) is 5.65. The van der Waals surface area contributed by atoms with Crippen LogP contribution in [0.5, 0.6) is 5.75 Å². The number of nitrogens with zero attached hydrogens (tertiary/aromatic N) is 1. The number of hydrogen-bond acceptors (Lipinski definition) is 3. The van der Waals surface area contributed by atoms with E-state index < -0.39 is 0 Å². The summed E-state index contributed by atoms with van der Waals surface area (Å²) in [5.74, 6) is 0.923. The number of benzene rings is 3. The lowest BCUT2D eigenvalue weighted by atomic mass is 10.0. The molecule has 0 aliphatic carbocycles. The molecule has 154 valence electrons. The second-order valence-corrected chi connectivity index (χ2v) is 7.97. The van der Waals surface area contributed by atoms with Gasteiger partial charge in [-0.1, -0.05) is 66.4 Å². The van der Waals surface area contributed by atoms with Gasteiger partial charge in [-0.3, -0.25) is 0 Å². The van der Waals surface area contributed by atoms with Gasteiger partial charge in [0.05, 0.1) is 12.2 Å². The van der Waals surface area contributed by atoms with Crippen LogP contribution >= 0.6 is 11.3 Å². The van der Waals surface area contributed by atoms with Crippen molar-refractivity contribution >= 4 is 33.3 Å². The van der Waals surface area contributed by atoms with E-state index in [-0.39, 0.29) is 24.0 Å². The normalized spacial score (nSPS) is 10.5. The van der Waals surface area contributed by atoms with Crippen LogP contribution in [0.1, 0.15) is 17.8 Å². The van der Waals surface area contributed by atoms with Gasteiger partial charge < -0.3 is 34.4 Å². The van der Waals surface area contributed by atoms with E-state index in [0.717, 1.165) is 47.0 Å². The molecule has 0 fully saturated rings. The summed E-state index contributed by atoms with van der Waals surface area (Å²) in [5, 5.41) is 1.16. The number of fused-ring (bicyclic) bond motifs is 1. The Morgan fingerprint density at radius 2 is 1.63 bits per heavy atom. The van der Waals surface area contributed by atoms with E-state index in [1.807, 2.05) is 48.5 Å². The van der Waals surface area contributed by atoms with Gasteiger partial charge in [0.2, 0.25) is 5.52 Å². The van der Waals surface area contributed by atoms with Gasteiger partial charge >= 0.3 is 0 Å². The molecule has 1 heterocycles. The van der Waals surface area contributed by atoms with E-state index in [1.165, 1.54) is 10.2 Å². The smallest absolute Gasteiger partial charge is 0.262 e. The molecule has 0 saturated heterocycles. The zero-order chi connectivity index (χ0) is 20.1. The summed E-state index contributed by atoms with van der Waals surface area (Å²) in [4.78, 5) is 0. The molecule has 4 rings (SSSR count). The van der Waals surface area contributed by atoms with Gasteiger partial charge in [0.15, 0.2) is 6.54 Å². The number of aromatic nitrogens is 1. The predicted molar refractivity (Wildman–Crippen MR) is 123 cm³/mol. The fourth-order valence-corrected chi connectivity index (χ4v) is 4.62. The molecule has 0 radical (unpaired) electrons. The first-order chi connectivity index (χ1) is 14.3. The quantitative estimate of drug-likeness (QED) is 0.165. The number of anilines is 1. The first-order valence-corrected chi connectivity index (χ1v) is 10.7. The van der Waals surface area contributed by atoms with Crippen LogP contribution in [0, 0.1) is 0 Å². The highest BCUT2D eigenvalue weighted by molar-refractivity contribution is 7.19. The van der Waals surface area contributed by atoms with Crippen LogP contribution in [0.4, 0.5) is 5.69 Å². The van der Waals surface area contributed by atoms with E-state index in [4.69, 9.17) is 10.5 Å². The molecule has 5 heteroatoms. The molecule has 0 unspecified atom stereocenters. The molecule has 0 aliphatic rings. The fraction of sp³-hybridized carbons (Fsp3) is 0.160. The Kier molecular flexibility index (Phi) is 7.87. The first-order valence-electron chi connectivity index (χ1n) is 9.88. The van der Waals surface area contributed by atoms with Crippen molar-refractivity contribution in [3.8, 4) is 16.9 Å². The summed E-state index contributed by atoms with van der Waals surface area (Å²) < 4.78 is 9.42. The third-order valence-corrected chi connectivity index (χ3v) is 6.09. The van der Waals surface area contributed by atoms with Crippen molar-refractivity contribution in [1.82, 2.24) is 0 Å². The van der Waals surface area contributed by atoms with E-state index in [0.29, 0.717) is 6.61 Å². The van der Waals surface area contributed by atoms with Crippen LogP contribution in [-0.2, 0) is 6.54 Å². The molecule has 0 bridgehead atoms. The summed E-state index contributed by atoms with van der Waals surface area (Å²) in [5.41, 5.74) is 10.7. The van der Waals surface area contributed by atoms with Crippen LogP contribution in [0.2, 0.25) is 0 Å². The van der Waals surface area contributed by atoms with Gasteiger partial charge in [-0.2, -0.15) is 4.57 Å². The molecule has 1 aromatic heterocycles. The second-order valence-electron chi connectivity index (χ2n) is 6.91. The Hall–Kier alpha value is -2.38. The highest BCUT2D eigenvalue weighted by Crippen LogP contribution is 2.35. The van der Waals surface area contributed by atoms with Gasteiger partial charge in [0.25, 0.3) is 5.01 Å². The lowest BCUT2D eigenvalue weighted by Gasteiger charge is -2.07. The summed E-state index contributed by atoms with van der Waals surface area (Å²) in [6, 6.07) is 24.5. The molecule has 0 atom stereocenters. The lowest BCUT2D eigenvalue weighted by molar-refractivity contribution is -0.668. The van der Waals surface area contributed by atoms with Crippen molar-refractivity contribution < 1.29 is 33.3 Å². The van der Waals surface area contributed by atoms with Crippen LogP contribution in [0.3, 0.4) is 0 Å². The van der Waals surface area contributed by atoms with E-state index in [2.05, 4.69) is 41.5 Å². The van der Waals surface area contributed by atoms with Crippen molar-refractivity contribution in [2.45, 2.75) is 19.4 Å². The number of unbranched alkanes of at least 4 members (excludes halogenated alkanes) is 1. The maximum atomic E-state index is 6.42. The minimum absolute atomic E-state index is 0. The fourth-order valence-electron chi connectivity index (χ4n) is 3.58. The van der Waals surface area contributed by atoms with Gasteiger partial charge in [0.1, 0.15) is 10.4 Å². The van der Waals surface area contributed by atoms with Crippen molar-refractivity contribution in [2.75, 3.05) is 12.3 Å². The van der Waals surface area contributed by atoms with Gasteiger partial charge in [0, 0.05) is 18.2 Å². The topological polar surface area (TPSA) is 39.1 Å². The average Bonchev–Trinajstić information content (AvgIpc) is 3.12. The number of nitrogen functional groups attached to an aromatic ring is 1. The number of thiazole rings is 1. The molecule has 3 nitrogen and oxygen atoms in total. The molecular weight excluding hydrogens is 503 g/mol. The third-order valence-electron chi connectivity index (χ3n) is 4.95. The van der Waals surface area contributed by atoms with Crippen LogP contribution in [-0.4, -0.2) is 6.61 Å². The molecule has 0 saturated carbocycles. The molecule has 0 spiro atoms. The van der Waals surface area contributed by atoms with E-state index in [9.17, 15) is 0 Å². The molecule has 3 aromatic carbocycles. The monoisotopic (exact) mass is 528 g/mol. The average molecular weight is 528 g/mol. The highest BCUT2D eigenvalue weighted by Gasteiger charge is 2.24. The minimum atomic E-state index is 0. The third kappa shape index (κ3) is 4.84. The summed E-state index contributed by atoms with van der Waals surface area (Å²) in [6.07, 6.45) is 3.95. The second kappa shape index (κ2) is 10.6. The number of rotatable bonds is 8. The number of nitrogens with two attached hydrogens (primary N) is 1.